The molecule has 0 unspecified atom stereocenters. The van der Waals surface area contributed by atoms with Crippen molar-refractivity contribution in [1.29, 1.82) is 0 Å². The van der Waals surface area contributed by atoms with Crippen LogP contribution >= 0.6 is 0 Å². The van der Waals surface area contributed by atoms with Crippen molar-refractivity contribution in [2.75, 3.05) is 0 Å². The molecular weight excluding hydrogens is 208 g/mol. The minimum Gasteiger partial charge on any atom is -0.358 e. The van der Waals surface area contributed by atoms with Gasteiger partial charge in [0.25, 0.3) is 0 Å². The fourth-order valence-electron chi connectivity index (χ4n) is 2.13. The van der Waals surface area contributed by atoms with Crippen molar-refractivity contribution in [3.05, 3.63) is 35.0 Å². The molecule has 0 aliphatic carbocycles. The van der Waals surface area contributed by atoms with Crippen molar-refractivity contribution in [2.24, 2.45) is 0 Å². The van der Waals surface area contributed by atoms with Crippen molar-refractivity contribution in [1.82, 2.24) is 10.3 Å². The lowest BCUT2D eigenvalue weighted by atomic mass is 10.1. The summed E-state index contributed by atoms with van der Waals surface area (Å²) in [5.74, 6) is 0. The van der Waals surface area contributed by atoms with Gasteiger partial charge in [0.2, 0.25) is 0 Å². The average molecular weight is 230 g/mol. The first-order valence-corrected chi connectivity index (χ1v) is 6.20. The molecule has 1 aromatic heterocycles. The zero-order chi connectivity index (χ0) is 12.6. The van der Waals surface area contributed by atoms with Gasteiger partial charge in [-0.05, 0) is 45.7 Å². The molecule has 0 aliphatic heterocycles. The number of aromatic nitrogens is 1. The summed E-state index contributed by atoms with van der Waals surface area (Å²) < 4.78 is 0. The fourth-order valence-corrected chi connectivity index (χ4v) is 2.13. The van der Waals surface area contributed by atoms with E-state index < -0.39 is 0 Å². The van der Waals surface area contributed by atoms with Crippen LogP contribution in [0.5, 0.6) is 0 Å². The summed E-state index contributed by atoms with van der Waals surface area (Å²) in [6.45, 7) is 11.8. The van der Waals surface area contributed by atoms with Crippen LogP contribution in [-0.2, 0) is 6.54 Å². The zero-order valence-corrected chi connectivity index (χ0v) is 11.4. The molecule has 92 valence electrons. The molecule has 0 atom stereocenters. The lowest BCUT2D eigenvalue weighted by Crippen LogP contribution is -2.35. The number of aromatic amines is 1. The van der Waals surface area contributed by atoms with Crippen LogP contribution in [0.25, 0.3) is 10.9 Å². The quantitative estimate of drug-likeness (QED) is 0.809. The molecule has 2 heteroatoms. The Labute approximate surface area is 103 Å². The van der Waals surface area contributed by atoms with Crippen molar-refractivity contribution in [3.63, 3.8) is 0 Å². The van der Waals surface area contributed by atoms with E-state index >= 15 is 0 Å². The van der Waals surface area contributed by atoms with Gasteiger partial charge < -0.3 is 10.3 Å². The Morgan fingerprint density at radius 1 is 1.18 bits per heavy atom. The number of rotatable bonds is 2. The minimum atomic E-state index is 0.153. The molecule has 2 rings (SSSR count). The third-order valence-electron chi connectivity index (χ3n) is 3.16. The second-order valence-corrected chi connectivity index (χ2v) is 5.83. The summed E-state index contributed by atoms with van der Waals surface area (Å²) in [7, 11) is 0. The van der Waals surface area contributed by atoms with Gasteiger partial charge in [0.05, 0.1) is 0 Å². The number of hydrogen-bond acceptors (Lipinski definition) is 1. The van der Waals surface area contributed by atoms with Crippen LogP contribution in [0.3, 0.4) is 0 Å². The number of para-hydroxylation sites is 1. The Balaban J connectivity index is 2.40. The maximum Gasteiger partial charge on any atom is 0.0489 e. The van der Waals surface area contributed by atoms with Gasteiger partial charge >= 0.3 is 0 Å². The highest BCUT2D eigenvalue weighted by Gasteiger charge is 2.13. The first-order valence-electron chi connectivity index (χ1n) is 6.20. The van der Waals surface area contributed by atoms with E-state index in [1.54, 1.807) is 0 Å². The number of aryl methyl sites for hydroxylation is 2. The Hall–Kier alpha value is -1.28. The predicted octanol–water partition coefficient (Wildman–Crippen LogP) is 3.67. The Kier molecular flexibility index (Phi) is 3.00. The lowest BCUT2D eigenvalue weighted by molar-refractivity contribution is 0.424. The second kappa shape index (κ2) is 4.19. The average Bonchev–Trinajstić information content (AvgIpc) is 2.52. The van der Waals surface area contributed by atoms with Crippen LogP contribution in [0.2, 0.25) is 0 Å². The van der Waals surface area contributed by atoms with Gasteiger partial charge in [-0.15, -0.1) is 0 Å². The van der Waals surface area contributed by atoms with Gasteiger partial charge in [-0.3, -0.25) is 0 Å². The highest BCUT2D eigenvalue weighted by molar-refractivity contribution is 5.87. The second-order valence-electron chi connectivity index (χ2n) is 5.83. The molecule has 1 aromatic carbocycles. The van der Waals surface area contributed by atoms with Crippen LogP contribution < -0.4 is 5.32 Å². The van der Waals surface area contributed by atoms with Gasteiger partial charge in [0, 0.05) is 28.7 Å². The summed E-state index contributed by atoms with van der Waals surface area (Å²) in [6.07, 6.45) is 0. The number of benzene rings is 1. The number of H-pyrrole nitrogens is 1. The molecule has 0 radical (unpaired) electrons. The van der Waals surface area contributed by atoms with Crippen molar-refractivity contribution in [2.45, 2.75) is 46.7 Å². The molecule has 0 saturated carbocycles. The van der Waals surface area contributed by atoms with E-state index in [9.17, 15) is 0 Å². The number of hydrogen-bond donors (Lipinski definition) is 2. The van der Waals surface area contributed by atoms with E-state index in [1.807, 2.05) is 0 Å². The molecule has 0 saturated heterocycles. The van der Waals surface area contributed by atoms with Crippen molar-refractivity contribution >= 4 is 10.9 Å². The standard InChI is InChI=1S/C15H22N2/c1-10-7-6-8-12-13(9-16-15(3,4)5)11(2)17-14(10)12/h6-8,16-17H,9H2,1-5H3. The maximum absolute atomic E-state index is 3.56. The molecule has 0 bridgehead atoms. The minimum absolute atomic E-state index is 0.153. The molecule has 2 nitrogen and oxygen atoms in total. The normalized spacial score (nSPS) is 12.3. The van der Waals surface area contributed by atoms with Crippen LogP contribution in [0.4, 0.5) is 0 Å². The molecule has 0 aliphatic rings. The highest BCUT2D eigenvalue weighted by atomic mass is 14.9. The first-order chi connectivity index (χ1) is 7.88. The predicted molar refractivity (Wildman–Crippen MR) is 74.4 cm³/mol. The first kappa shape index (κ1) is 12.2. The van der Waals surface area contributed by atoms with Gasteiger partial charge in [0.1, 0.15) is 0 Å². The molecule has 2 aromatic rings. The molecule has 0 amide bonds. The van der Waals surface area contributed by atoms with E-state index in [2.05, 4.69) is 63.1 Å². The molecule has 1 heterocycles. The van der Waals surface area contributed by atoms with E-state index in [4.69, 9.17) is 0 Å². The topological polar surface area (TPSA) is 27.8 Å². The molecule has 2 N–H and O–H groups in total. The van der Waals surface area contributed by atoms with Crippen LogP contribution in [0, 0.1) is 13.8 Å². The monoisotopic (exact) mass is 230 g/mol. The van der Waals surface area contributed by atoms with Crippen LogP contribution in [0.15, 0.2) is 18.2 Å². The largest absolute Gasteiger partial charge is 0.358 e. The van der Waals surface area contributed by atoms with E-state index in [-0.39, 0.29) is 5.54 Å². The highest BCUT2D eigenvalue weighted by Crippen LogP contribution is 2.24. The smallest absolute Gasteiger partial charge is 0.0489 e. The molecule has 0 fully saturated rings. The number of fused-ring (bicyclic) bond motifs is 1. The third-order valence-corrected chi connectivity index (χ3v) is 3.16. The fraction of sp³-hybridized carbons (Fsp3) is 0.467. The Morgan fingerprint density at radius 2 is 1.88 bits per heavy atom. The Morgan fingerprint density at radius 3 is 2.53 bits per heavy atom. The SMILES string of the molecule is Cc1[nH]c2c(C)cccc2c1CNC(C)(C)C. The summed E-state index contributed by atoms with van der Waals surface area (Å²) in [4.78, 5) is 3.49. The molecular formula is C15H22N2. The van der Waals surface area contributed by atoms with Gasteiger partial charge in [0.15, 0.2) is 0 Å². The molecule has 17 heavy (non-hydrogen) atoms. The summed E-state index contributed by atoms with van der Waals surface area (Å²) in [6, 6.07) is 6.48. The zero-order valence-electron chi connectivity index (χ0n) is 11.4. The lowest BCUT2D eigenvalue weighted by Gasteiger charge is -2.20. The summed E-state index contributed by atoms with van der Waals surface area (Å²) in [5, 5.41) is 4.90. The van der Waals surface area contributed by atoms with Gasteiger partial charge in [-0.1, -0.05) is 18.2 Å². The van der Waals surface area contributed by atoms with Gasteiger partial charge in [-0.25, -0.2) is 0 Å². The van der Waals surface area contributed by atoms with Crippen molar-refractivity contribution < 1.29 is 0 Å². The third kappa shape index (κ3) is 2.52. The molecule has 0 spiro atoms. The number of nitrogens with one attached hydrogen (secondary N) is 2. The van der Waals surface area contributed by atoms with Crippen LogP contribution in [-0.4, -0.2) is 10.5 Å². The maximum atomic E-state index is 3.56. The van der Waals surface area contributed by atoms with Crippen LogP contribution in [0.1, 0.15) is 37.6 Å². The Bertz CT molecular complexity index is 530. The van der Waals surface area contributed by atoms with Gasteiger partial charge in [-0.2, -0.15) is 0 Å². The van der Waals surface area contributed by atoms with Crippen molar-refractivity contribution in [3.8, 4) is 0 Å². The summed E-state index contributed by atoms with van der Waals surface area (Å²) >= 11 is 0. The van der Waals surface area contributed by atoms with E-state index in [1.165, 1.54) is 27.7 Å². The van der Waals surface area contributed by atoms with E-state index in [0.717, 1.165) is 6.54 Å². The summed E-state index contributed by atoms with van der Waals surface area (Å²) in [5.41, 5.74) is 5.40. The van der Waals surface area contributed by atoms with E-state index in [0.29, 0.717) is 0 Å².